The minimum absolute atomic E-state index is 0.502. The minimum Gasteiger partial charge on any atom is -0.480 e. The van der Waals surface area contributed by atoms with Crippen molar-refractivity contribution in [3.8, 4) is 0 Å². The lowest BCUT2D eigenvalue weighted by Crippen LogP contribution is -2.29. The molecule has 0 radical (unpaired) electrons. The van der Waals surface area contributed by atoms with Crippen LogP contribution in [0.5, 0.6) is 0 Å². The lowest BCUT2D eigenvalue weighted by molar-refractivity contribution is -0.139. The fourth-order valence-corrected chi connectivity index (χ4v) is 0.815. The van der Waals surface area contributed by atoms with Crippen molar-refractivity contribution in [2.75, 3.05) is 6.54 Å². The highest BCUT2D eigenvalue weighted by molar-refractivity contribution is 5.73. The van der Waals surface area contributed by atoms with Gasteiger partial charge in [-0.1, -0.05) is 0 Å². The Bertz CT molecular complexity index is 142. The van der Waals surface area contributed by atoms with Crippen LogP contribution in [0, 0.1) is 0 Å². The molecule has 0 bridgehead atoms. The fourth-order valence-electron chi connectivity index (χ4n) is 0.815. The highest BCUT2D eigenvalue weighted by Gasteiger charge is 2.20. The molecule has 0 amide bonds. The van der Waals surface area contributed by atoms with E-state index in [1.807, 2.05) is 0 Å². The Labute approximate surface area is 50.7 Å². The number of hydrogen-bond donors (Lipinski definition) is 2. The van der Waals surface area contributed by atoms with Gasteiger partial charge in [-0.15, -0.1) is 0 Å². The number of carboxylic acids is 1. The van der Waals surface area contributed by atoms with E-state index in [4.69, 9.17) is 2.84 Å². The monoisotopic (exact) mass is 118 g/mol. The van der Waals surface area contributed by atoms with Crippen molar-refractivity contribution < 1.29 is 11.3 Å². The maximum absolute atomic E-state index is 10.7. The van der Waals surface area contributed by atoms with Gasteiger partial charge >= 0.3 is 5.97 Å². The summed E-state index contributed by atoms with van der Waals surface area (Å²) in [5.41, 5.74) is 0. The molecule has 8 heavy (non-hydrogen) atoms. The van der Waals surface area contributed by atoms with Crippen LogP contribution in [0.1, 0.15) is 12.8 Å². The molecule has 1 rings (SSSR count). The first kappa shape index (κ1) is 3.45. The van der Waals surface area contributed by atoms with Crippen molar-refractivity contribution in [1.82, 2.24) is 5.31 Å². The van der Waals surface area contributed by atoms with Gasteiger partial charge in [-0.3, -0.25) is 4.79 Å². The minimum atomic E-state index is -0.618. The van der Waals surface area contributed by atoms with Crippen LogP contribution in [-0.2, 0) is 4.79 Å². The van der Waals surface area contributed by atoms with E-state index < -0.39 is 12.0 Å². The summed E-state index contributed by atoms with van der Waals surface area (Å²) in [6, 6.07) is -0.502. The predicted octanol–water partition coefficient (Wildman–Crippen LogP) is -0.177. The largest absolute Gasteiger partial charge is 0.480 e. The Balaban J connectivity index is 2.46. The molecule has 0 aliphatic carbocycles. The summed E-state index contributed by atoms with van der Waals surface area (Å²) in [6.07, 6.45) is 1.48. The van der Waals surface area contributed by atoms with Gasteiger partial charge < -0.3 is 10.4 Å². The van der Waals surface area contributed by atoms with Gasteiger partial charge in [0.2, 0.25) is 0 Å². The van der Waals surface area contributed by atoms with Crippen molar-refractivity contribution in [2.24, 2.45) is 0 Å². The van der Waals surface area contributed by atoms with Crippen LogP contribution >= 0.6 is 0 Å². The van der Waals surface area contributed by atoms with E-state index in [1.54, 1.807) is 0 Å². The quantitative estimate of drug-likeness (QED) is 0.502. The molecule has 0 aromatic rings. The van der Waals surface area contributed by atoms with Crippen molar-refractivity contribution in [3.05, 3.63) is 0 Å². The SMILES string of the molecule is [2H]N1CCC[C@H]1C(=O)O[3H]. The maximum Gasteiger partial charge on any atom is 0.320 e. The summed E-state index contributed by atoms with van der Waals surface area (Å²) >= 11 is 0. The van der Waals surface area contributed by atoms with Crippen LogP contribution in [0.4, 0.5) is 0 Å². The Morgan fingerprint density at radius 3 is 3.62 bits per heavy atom. The first-order valence-corrected chi connectivity index (χ1v) is 2.68. The molecule has 1 heterocycles. The second-order valence-corrected chi connectivity index (χ2v) is 1.88. The molecule has 0 saturated carbocycles. The number of nitrogens with one attached hydrogen (secondary N) is 1. The van der Waals surface area contributed by atoms with E-state index in [9.17, 15) is 4.79 Å². The molecule has 1 aliphatic rings. The van der Waals surface area contributed by atoms with Gasteiger partial charge in [-0.05, 0) is 19.4 Å². The van der Waals surface area contributed by atoms with Gasteiger partial charge in [-0.2, -0.15) is 0 Å². The van der Waals surface area contributed by atoms with Gasteiger partial charge in [0.05, 0.1) is 0 Å². The highest BCUT2D eigenvalue weighted by atomic mass is 16.4. The van der Waals surface area contributed by atoms with Gasteiger partial charge in [0.15, 0.2) is 0 Å². The van der Waals surface area contributed by atoms with Crippen LogP contribution in [0.3, 0.4) is 0 Å². The molecule has 1 atom stereocenters. The molecule has 0 unspecified atom stereocenters. The zero-order valence-corrected chi connectivity index (χ0v) is 4.46. The molecule has 0 aromatic carbocycles. The lowest BCUT2D eigenvalue weighted by atomic mass is 10.2. The fraction of sp³-hybridized carbons (Fsp3) is 0.800. The summed E-state index contributed by atoms with van der Waals surface area (Å²) < 4.78 is 13.5. The average Bonchev–Trinajstić information content (AvgIpc) is 2.34. The average molecular weight is 118 g/mol. The van der Waals surface area contributed by atoms with Gasteiger partial charge in [0.1, 0.15) is 7.45 Å². The molecule has 3 heteroatoms. The number of aliphatic carboxylic acids is 1. The second kappa shape index (κ2) is 2.13. The first-order chi connectivity index (χ1) is 4.75. The van der Waals surface area contributed by atoms with Crippen LogP contribution in [0.2, 0.25) is 1.41 Å². The van der Waals surface area contributed by atoms with E-state index >= 15 is 0 Å². The summed E-state index contributed by atoms with van der Waals surface area (Å²) in [4.78, 5) is 10.7. The molecular weight excluding hydrogens is 106 g/mol. The molecule has 2 N–H and O–H groups in total. The molecule has 1 fully saturated rings. The van der Waals surface area contributed by atoms with E-state index in [0.717, 1.165) is 11.7 Å². The maximum atomic E-state index is 10.7. The third-order valence-electron chi connectivity index (χ3n) is 1.26. The van der Waals surface area contributed by atoms with Crippen LogP contribution in [0.25, 0.3) is 1.43 Å². The molecule has 3 nitrogen and oxygen atoms in total. The number of rotatable bonds is 1. The molecule has 0 aromatic heterocycles. The van der Waals surface area contributed by atoms with Crippen molar-refractivity contribution in [2.45, 2.75) is 18.9 Å². The van der Waals surface area contributed by atoms with Gasteiger partial charge in [-0.25, -0.2) is 0 Å². The van der Waals surface area contributed by atoms with Crippen LogP contribution in [-0.4, -0.2) is 23.7 Å². The topological polar surface area (TPSA) is 49.3 Å². The number of carbonyl (C=O) groups is 1. The second-order valence-electron chi connectivity index (χ2n) is 1.88. The zero-order valence-electron chi connectivity index (χ0n) is 6.46. The van der Waals surface area contributed by atoms with E-state index in [2.05, 4.69) is 5.11 Å². The zero-order chi connectivity index (χ0) is 7.56. The van der Waals surface area contributed by atoms with Crippen molar-refractivity contribution in [3.63, 3.8) is 0 Å². The standard InChI is InChI=1S/C5H9NO2/c7-5(8)4-2-1-3-6-4/h4,6H,1-3H2,(H,7,8)/t4-/m0/s1/i/hTD. The van der Waals surface area contributed by atoms with Crippen LogP contribution in [0.15, 0.2) is 0 Å². The highest BCUT2D eigenvalue weighted by Crippen LogP contribution is 2.03. The first-order valence-electron chi connectivity index (χ1n) is 3.54. The summed E-state index contributed by atoms with van der Waals surface area (Å²) in [6.45, 7) is 0.597. The Morgan fingerprint density at radius 1 is 2.25 bits per heavy atom. The Kier molecular flexibility index (Phi) is 0.921. The molecular formula is C5H9NO2. The lowest BCUT2D eigenvalue weighted by Gasteiger charge is -1.99. The van der Waals surface area contributed by atoms with E-state index in [1.165, 1.54) is 0 Å². The van der Waals surface area contributed by atoms with Gasteiger partial charge in [0, 0.05) is 0 Å². The third-order valence-corrected chi connectivity index (χ3v) is 1.26. The summed E-state index contributed by atoms with van der Waals surface area (Å²) in [5.74, 6) is -0.618. The van der Waals surface area contributed by atoms with Gasteiger partial charge in [0.25, 0.3) is 1.43 Å². The molecule has 0 spiro atoms. The third kappa shape index (κ3) is 0.980. The molecule has 1 saturated heterocycles. The summed E-state index contributed by atoms with van der Waals surface area (Å²) in [5, 5.41) is 4.92. The normalized spacial score (nSPS) is 33.8. The Hall–Kier alpha value is -0.570. The predicted molar refractivity (Wildman–Crippen MR) is 28.7 cm³/mol. The van der Waals surface area contributed by atoms with Crippen molar-refractivity contribution >= 4 is 5.97 Å². The smallest absolute Gasteiger partial charge is 0.320 e. The number of hydrogen-bond acceptors (Lipinski definition) is 3. The summed E-state index contributed by atoms with van der Waals surface area (Å²) in [7, 11) is 0. The molecule has 1 aliphatic heterocycles. The molecule has 46 valence electrons. The Morgan fingerprint density at radius 2 is 3.12 bits per heavy atom. The van der Waals surface area contributed by atoms with E-state index in [-0.39, 0.29) is 0 Å². The van der Waals surface area contributed by atoms with Crippen molar-refractivity contribution in [1.29, 1.82) is 1.43 Å². The number of carboxylic acid groups (broad SMARTS) is 1. The van der Waals surface area contributed by atoms with Crippen LogP contribution < -0.4 is 5.31 Å². The van der Waals surface area contributed by atoms with E-state index in [0.29, 0.717) is 13.0 Å².